The number of carbonyl (C=O) groups is 1. The monoisotopic (exact) mass is 424 g/mol. The van der Waals surface area contributed by atoms with Gasteiger partial charge >= 0.3 is 5.69 Å². The third kappa shape index (κ3) is 4.36. The van der Waals surface area contributed by atoms with Crippen molar-refractivity contribution in [3.63, 3.8) is 0 Å². The maximum absolute atomic E-state index is 13.0. The smallest absolute Gasteiger partial charge is 0.302 e. The molecule has 0 aliphatic carbocycles. The minimum atomic E-state index is -0.553. The van der Waals surface area contributed by atoms with Crippen molar-refractivity contribution in [1.82, 2.24) is 14.5 Å². The fourth-order valence-corrected chi connectivity index (χ4v) is 3.97. The van der Waals surface area contributed by atoms with Crippen LogP contribution >= 0.6 is 11.3 Å². The third-order valence-electron chi connectivity index (χ3n) is 4.56. The summed E-state index contributed by atoms with van der Waals surface area (Å²) < 4.78 is 14.4. The molecule has 2 aromatic carbocycles. The maximum atomic E-state index is 13.0. The number of para-hydroxylation sites is 1. The lowest BCUT2D eigenvalue weighted by molar-refractivity contribution is -0.116. The van der Waals surface area contributed by atoms with Gasteiger partial charge < -0.3 is 5.32 Å². The van der Waals surface area contributed by atoms with Crippen LogP contribution < -0.4 is 16.6 Å². The molecule has 9 heteroatoms. The summed E-state index contributed by atoms with van der Waals surface area (Å²) in [5, 5.41) is 3.57. The zero-order chi connectivity index (χ0) is 21.1. The van der Waals surface area contributed by atoms with Crippen LogP contribution in [-0.2, 0) is 17.8 Å². The quantitative estimate of drug-likeness (QED) is 0.497. The van der Waals surface area contributed by atoms with Crippen LogP contribution in [-0.4, -0.2) is 20.4 Å². The summed E-state index contributed by atoms with van der Waals surface area (Å²) in [6.07, 6.45) is 2.30. The minimum Gasteiger partial charge on any atom is -0.302 e. The maximum Gasteiger partial charge on any atom is 0.328 e. The number of fused-ring (bicyclic) bond motifs is 1. The average Bonchev–Trinajstić information content (AvgIpc) is 3.16. The number of nitrogens with one attached hydrogen (secondary N) is 2. The van der Waals surface area contributed by atoms with E-state index >= 15 is 0 Å². The molecule has 4 rings (SSSR count). The van der Waals surface area contributed by atoms with Crippen LogP contribution in [0.2, 0.25) is 0 Å². The van der Waals surface area contributed by atoms with Crippen molar-refractivity contribution in [1.29, 1.82) is 0 Å². The van der Waals surface area contributed by atoms with E-state index in [1.54, 1.807) is 42.6 Å². The largest absolute Gasteiger partial charge is 0.328 e. The summed E-state index contributed by atoms with van der Waals surface area (Å²) in [6, 6.07) is 13.0. The number of hydrogen-bond acceptors (Lipinski definition) is 5. The number of aryl methyl sites for hydroxylation is 1. The Morgan fingerprint density at radius 3 is 2.70 bits per heavy atom. The molecule has 7 nitrogen and oxygen atoms in total. The Kier molecular flexibility index (Phi) is 5.53. The number of thiazole rings is 1. The summed E-state index contributed by atoms with van der Waals surface area (Å²) in [5.74, 6) is -0.578. The number of aromatic nitrogens is 3. The van der Waals surface area contributed by atoms with Crippen LogP contribution in [0.15, 0.2) is 64.3 Å². The van der Waals surface area contributed by atoms with E-state index in [1.165, 1.54) is 28.0 Å². The van der Waals surface area contributed by atoms with Crippen LogP contribution in [0.1, 0.15) is 16.9 Å². The molecule has 0 unspecified atom stereocenters. The van der Waals surface area contributed by atoms with Crippen molar-refractivity contribution in [2.75, 3.05) is 5.32 Å². The van der Waals surface area contributed by atoms with E-state index in [1.807, 2.05) is 0 Å². The van der Waals surface area contributed by atoms with Gasteiger partial charge in [0.05, 0.1) is 10.9 Å². The second-order valence-electron chi connectivity index (χ2n) is 6.66. The number of amides is 1. The highest BCUT2D eigenvalue weighted by atomic mass is 32.1. The Bertz CT molecular complexity index is 1320. The van der Waals surface area contributed by atoms with Crippen molar-refractivity contribution in [3.05, 3.63) is 91.8 Å². The molecule has 2 heterocycles. The molecule has 0 saturated carbocycles. The van der Waals surface area contributed by atoms with Gasteiger partial charge in [0.25, 0.3) is 5.56 Å². The zero-order valence-corrected chi connectivity index (χ0v) is 16.5. The summed E-state index contributed by atoms with van der Waals surface area (Å²) in [7, 11) is 0. The second-order valence-corrected chi connectivity index (χ2v) is 7.78. The number of nitrogens with zero attached hydrogens (tertiary/aromatic N) is 2. The van der Waals surface area contributed by atoms with Gasteiger partial charge in [0.1, 0.15) is 5.82 Å². The first-order chi connectivity index (χ1) is 14.5. The van der Waals surface area contributed by atoms with Crippen LogP contribution in [0.25, 0.3) is 10.9 Å². The molecule has 0 bridgehead atoms. The first-order valence-electron chi connectivity index (χ1n) is 9.20. The van der Waals surface area contributed by atoms with Gasteiger partial charge in [-0.3, -0.25) is 19.1 Å². The molecule has 152 valence electrons. The van der Waals surface area contributed by atoms with E-state index in [0.717, 1.165) is 10.4 Å². The first kappa shape index (κ1) is 19.7. The molecule has 0 saturated heterocycles. The van der Waals surface area contributed by atoms with Gasteiger partial charge in [0.15, 0.2) is 5.13 Å². The molecule has 30 heavy (non-hydrogen) atoms. The molecular weight excluding hydrogens is 407 g/mol. The average molecular weight is 424 g/mol. The summed E-state index contributed by atoms with van der Waals surface area (Å²) >= 11 is 1.34. The van der Waals surface area contributed by atoms with E-state index in [0.29, 0.717) is 22.5 Å². The normalized spacial score (nSPS) is 11.0. The van der Waals surface area contributed by atoms with Crippen molar-refractivity contribution < 1.29 is 9.18 Å². The van der Waals surface area contributed by atoms with E-state index in [-0.39, 0.29) is 24.7 Å². The Morgan fingerprint density at radius 1 is 1.13 bits per heavy atom. The van der Waals surface area contributed by atoms with Gasteiger partial charge in [-0.15, -0.1) is 11.3 Å². The number of aromatic amines is 1. The fourth-order valence-electron chi connectivity index (χ4n) is 3.11. The van der Waals surface area contributed by atoms with Gasteiger partial charge in [0.2, 0.25) is 5.91 Å². The highest BCUT2D eigenvalue weighted by Crippen LogP contribution is 2.21. The predicted molar refractivity (Wildman–Crippen MR) is 113 cm³/mol. The Labute approximate surface area is 173 Å². The van der Waals surface area contributed by atoms with Crippen molar-refractivity contribution in [3.8, 4) is 0 Å². The molecule has 0 atom stereocenters. The first-order valence-corrected chi connectivity index (χ1v) is 10.0. The van der Waals surface area contributed by atoms with Crippen molar-refractivity contribution in [2.45, 2.75) is 19.4 Å². The van der Waals surface area contributed by atoms with Gasteiger partial charge in [-0.2, -0.15) is 0 Å². The lowest BCUT2D eigenvalue weighted by Gasteiger charge is -2.09. The van der Waals surface area contributed by atoms with Crippen molar-refractivity contribution in [2.24, 2.45) is 0 Å². The second kappa shape index (κ2) is 8.42. The number of halogens is 1. The molecule has 2 aromatic heterocycles. The van der Waals surface area contributed by atoms with Gasteiger partial charge in [-0.05, 0) is 29.8 Å². The topological polar surface area (TPSA) is 96.9 Å². The fraction of sp³-hybridized carbons (Fsp3) is 0.143. The molecule has 2 N–H and O–H groups in total. The van der Waals surface area contributed by atoms with E-state index in [9.17, 15) is 18.8 Å². The highest BCUT2D eigenvalue weighted by Gasteiger charge is 2.11. The third-order valence-corrected chi connectivity index (χ3v) is 5.47. The number of anilines is 1. The molecule has 1 amide bonds. The molecular formula is C21H17FN4O3S. The summed E-state index contributed by atoms with van der Waals surface area (Å²) in [4.78, 5) is 43.8. The molecule has 0 radical (unpaired) electrons. The van der Waals surface area contributed by atoms with E-state index in [2.05, 4.69) is 15.3 Å². The molecule has 4 aromatic rings. The predicted octanol–water partition coefficient (Wildman–Crippen LogP) is 2.91. The van der Waals surface area contributed by atoms with Crippen molar-refractivity contribution >= 4 is 33.3 Å². The number of carbonyl (C=O) groups excluding carboxylic acids is 1. The van der Waals surface area contributed by atoms with Crippen LogP contribution in [0, 0.1) is 5.82 Å². The van der Waals surface area contributed by atoms with E-state index < -0.39 is 11.2 Å². The molecule has 0 aliphatic heterocycles. The van der Waals surface area contributed by atoms with Crippen LogP contribution in [0.5, 0.6) is 0 Å². The highest BCUT2D eigenvalue weighted by molar-refractivity contribution is 7.15. The van der Waals surface area contributed by atoms with Crippen LogP contribution in [0.4, 0.5) is 9.52 Å². The lowest BCUT2D eigenvalue weighted by atomic mass is 10.1. The molecule has 0 spiro atoms. The number of benzene rings is 2. The van der Waals surface area contributed by atoms with Crippen LogP contribution in [0.3, 0.4) is 0 Å². The minimum absolute atomic E-state index is 0.0445. The van der Waals surface area contributed by atoms with E-state index in [4.69, 9.17) is 0 Å². The lowest BCUT2D eigenvalue weighted by Crippen LogP contribution is -2.31. The zero-order valence-electron chi connectivity index (χ0n) is 15.7. The van der Waals surface area contributed by atoms with Gasteiger partial charge in [-0.1, -0.05) is 24.3 Å². The Balaban J connectivity index is 1.41. The Morgan fingerprint density at radius 2 is 1.90 bits per heavy atom. The summed E-state index contributed by atoms with van der Waals surface area (Å²) in [5.41, 5.74) is 0.423. The standard InChI is InChI=1S/C21H17FN4O3S/c22-14-7-5-13(6-8-14)11-15-12-23-20(30-15)24-18(27)9-10-26-17-4-2-1-3-16(17)19(28)25-21(26)29/h1-8,12H,9-11H2,(H,23,24,27)(H,25,28,29). The SMILES string of the molecule is O=C(CCn1c(=O)[nH]c(=O)c2ccccc21)Nc1ncc(Cc2ccc(F)cc2)s1. The van der Waals surface area contributed by atoms with Gasteiger partial charge in [0, 0.05) is 30.5 Å². The Hall–Kier alpha value is -3.59. The summed E-state index contributed by atoms with van der Waals surface area (Å²) in [6.45, 7) is 0.121. The number of rotatable bonds is 6. The molecule has 0 aliphatic rings. The molecule has 0 fully saturated rings. The van der Waals surface area contributed by atoms with Gasteiger partial charge in [-0.25, -0.2) is 14.2 Å². The number of hydrogen-bond donors (Lipinski definition) is 2. The number of H-pyrrole nitrogens is 1.